The Labute approximate surface area is 126 Å². The molecular weight excluding hydrogens is 286 g/mol. The first kappa shape index (κ1) is 14.2. The highest BCUT2D eigenvalue weighted by atomic mass is 16.5. The molecule has 0 aliphatic carbocycles. The van der Waals surface area contributed by atoms with Gasteiger partial charge in [-0.1, -0.05) is 30.3 Å². The van der Waals surface area contributed by atoms with Crippen LogP contribution in [-0.4, -0.2) is 51.2 Å². The van der Waals surface area contributed by atoms with Crippen LogP contribution in [0.15, 0.2) is 36.7 Å². The first-order valence-corrected chi connectivity index (χ1v) is 6.81. The van der Waals surface area contributed by atoms with Gasteiger partial charge in [0.05, 0.1) is 6.61 Å². The molecule has 1 aliphatic heterocycles. The molecule has 2 amide bonds. The van der Waals surface area contributed by atoms with E-state index in [1.54, 1.807) is 0 Å². The molecule has 1 aliphatic rings. The van der Waals surface area contributed by atoms with Crippen molar-refractivity contribution in [3.63, 3.8) is 0 Å². The molecular formula is C14H15N5O3. The number of ether oxygens (including phenoxy) is 1. The van der Waals surface area contributed by atoms with E-state index in [0.717, 1.165) is 5.56 Å². The Morgan fingerprint density at radius 1 is 1.41 bits per heavy atom. The highest BCUT2D eigenvalue weighted by Crippen LogP contribution is 2.14. The normalized spacial score (nSPS) is 18.3. The average molecular weight is 301 g/mol. The number of carbonyl (C=O) groups is 2. The van der Waals surface area contributed by atoms with Gasteiger partial charge in [-0.15, -0.1) is 0 Å². The number of rotatable bonds is 4. The molecule has 1 unspecified atom stereocenters. The van der Waals surface area contributed by atoms with Crippen molar-refractivity contribution in [3.05, 3.63) is 42.2 Å². The summed E-state index contributed by atoms with van der Waals surface area (Å²) in [5, 5.41) is 8.79. The minimum Gasteiger partial charge on any atom is -0.369 e. The van der Waals surface area contributed by atoms with Gasteiger partial charge in [-0.2, -0.15) is 10.1 Å². The quantitative estimate of drug-likeness (QED) is 0.838. The predicted octanol–water partition coefficient (Wildman–Crippen LogP) is 0.171. The molecule has 1 saturated heterocycles. The molecule has 3 rings (SSSR count). The number of H-pyrrole nitrogens is 1. The standard InChI is InChI=1S/C14H15N5O3/c20-12-8-22-7-11(13(21)17-14-15-9-16-18-14)19(12)6-10-4-2-1-3-5-10/h1-5,9,11H,6-8H2,(H2,15,16,17,18,21). The zero-order valence-electron chi connectivity index (χ0n) is 11.7. The summed E-state index contributed by atoms with van der Waals surface area (Å²) in [6.07, 6.45) is 1.29. The van der Waals surface area contributed by atoms with Gasteiger partial charge in [-0.25, -0.2) is 5.10 Å². The molecule has 2 aromatic rings. The van der Waals surface area contributed by atoms with Gasteiger partial charge in [-0.05, 0) is 5.56 Å². The summed E-state index contributed by atoms with van der Waals surface area (Å²) in [5.41, 5.74) is 0.954. The lowest BCUT2D eigenvalue weighted by Crippen LogP contribution is -2.54. The van der Waals surface area contributed by atoms with Gasteiger partial charge in [0.15, 0.2) is 0 Å². The first-order valence-electron chi connectivity index (χ1n) is 6.81. The van der Waals surface area contributed by atoms with E-state index in [2.05, 4.69) is 20.5 Å². The predicted molar refractivity (Wildman–Crippen MR) is 76.6 cm³/mol. The van der Waals surface area contributed by atoms with E-state index in [4.69, 9.17) is 4.74 Å². The number of amides is 2. The number of carbonyl (C=O) groups excluding carboxylic acids is 2. The van der Waals surface area contributed by atoms with Crippen molar-refractivity contribution in [1.29, 1.82) is 0 Å². The minimum absolute atomic E-state index is 0.0150. The van der Waals surface area contributed by atoms with Crippen LogP contribution in [0.4, 0.5) is 5.95 Å². The van der Waals surface area contributed by atoms with Crippen LogP contribution in [0.3, 0.4) is 0 Å². The lowest BCUT2D eigenvalue weighted by Gasteiger charge is -2.34. The summed E-state index contributed by atoms with van der Waals surface area (Å²) in [4.78, 5) is 29.8. The lowest BCUT2D eigenvalue weighted by molar-refractivity contribution is -0.154. The fraction of sp³-hybridized carbons (Fsp3) is 0.286. The van der Waals surface area contributed by atoms with Crippen molar-refractivity contribution in [2.75, 3.05) is 18.5 Å². The molecule has 1 aromatic heterocycles. The summed E-state index contributed by atoms with van der Waals surface area (Å²) in [6, 6.07) is 8.81. The van der Waals surface area contributed by atoms with Gasteiger partial charge in [0.1, 0.15) is 19.0 Å². The molecule has 0 radical (unpaired) electrons. The number of aromatic nitrogens is 3. The van der Waals surface area contributed by atoms with E-state index < -0.39 is 6.04 Å². The first-order chi connectivity index (χ1) is 10.7. The highest BCUT2D eigenvalue weighted by Gasteiger charge is 2.34. The average Bonchev–Trinajstić information content (AvgIpc) is 3.03. The van der Waals surface area contributed by atoms with Crippen LogP contribution in [0.5, 0.6) is 0 Å². The zero-order chi connectivity index (χ0) is 15.4. The van der Waals surface area contributed by atoms with Crippen molar-refractivity contribution in [3.8, 4) is 0 Å². The molecule has 114 valence electrons. The molecule has 1 aromatic carbocycles. The van der Waals surface area contributed by atoms with Crippen LogP contribution in [0, 0.1) is 0 Å². The number of nitrogens with zero attached hydrogens (tertiary/aromatic N) is 3. The van der Waals surface area contributed by atoms with Gasteiger partial charge < -0.3 is 9.64 Å². The molecule has 0 spiro atoms. The fourth-order valence-corrected chi connectivity index (χ4v) is 2.27. The van der Waals surface area contributed by atoms with E-state index in [1.807, 2.05) is 30.3 Å². The van der Waals surface area contributed by atoms with Crippen LogP contribution < -0.4 is 5.32 Å². The van der Waals surface area contributed by atoms with E-state index in [9.17, 15) is 9.59 Å². The van der Waals surface area contributed by atoms with Crippen molar-refractivity contribution >= 4 is 17.8 Å². The molecule has 8 heteroatoms. The topological polar surface area (TPSA) is 100 Å². The fourth-order valence-electron chi connectivity index (χ4n) is 2.27. The van der Waals surface area contributed by atoms with Crippen molar-refractivity contribution in [2.45, 2.75) is 12.6 Å². The van der Waals surface area contributed by atoms with E-state index in [1.165, 1.54) is 11.2 Å². The van der Waals surface area contributed by atoms with E-state index in [-0.39, 0.29) is 31.0 Å². The monoisotopic (exact) mass is 301 g/mol. The molecule has 1 atom stereocenters. The summed E-state index contributed by atoms with van der Waals surface area (Å²) in [7, 11) is 0. The maximum Gasteiger partial charge on any atom is 0.251 e. The number of aromatic amines is 1. The van der Waals surface area contributed by atoms with Gasteiger partial charge in [-0.3, -0.25) is 14.9 Å². The van der Waals surface area contributed by atoms with Gasteiger partial charge in [0.25, 0.3) is 5.91 Å². The van der Waals surface area contributed by atoms with Crippen LogP contribution in [0.25, 0.3) is 0 Å². The van der Waals surface area contributed by atoms with Crippen LogP contribution >= 0.6 is 0 Å². The highest BCUT2D eigenvalue weighted by molar-refractivity contribution is 5.96. The summed E-state index contributed by atoms with van der Waals surface area (Å²) >= 11 is 0. The van der Waals surface area contributed by atoms with Crippen molar-refractivity contribution in [1.82, 2.24) is 20.1 Å². The van der Waals surface area contributed by atoms with Crippen LogP contribution in [-0.2, 0) is 20.9 Å². The summed E-state index contributed by atoms with van der Waals surface area (Å²) in [6.45, 7) is 0.495. The molecule has 0 bridgehead atoms. The summed E-state index contributed by atoms with van der Waals surface area (Å²) < 4.78 is 5.20. The molecule has 0 saturated carbocycles. The SMILES string of the molecule is O=C(Nc1ncn[nH]1)C1COCC(=O)N1Cc1ccccc1. The number of morpholine rings is 1. The molecule has 8 nitrogen and oxygen atoms in total. The Morgan fingerprint density at radius 3 is 2.95 bits per heavy atom. The maximum atomic E-state index is 12.3. The lowest BCUT2D eigenvalue weighted by atomic mass is 10.1. The maximum absolute atomic E-state index is 12.3. The van der Waals surface area contributed by atoms with E-state index in [0.29, 0.717) is 6.54 Å². The van der Waals surface area contributed by atoms with E-state index >= 15 is 0 Å². The van der Waals surface area contributed by atoms with Crippen LogP contribution in [0.2, 0.25) is 0 Å². The second kappa shape index (κ2) is 6.35. The molecule has 1 fully saturated rings. The second-order valence-corrected chi connectivity index (χ2v) is 4.86. The third-order valence-electron chi connectivity index (χ3n) is 3.35. The smallest absolute Gasteiger partial charge is 0.251 e. The third-order valence-corrected chi connectivity index (χ3v) is 3.35. The number of nitrogens with one attached hydrogen (secondary N) is 2. The molecule has 2 heterocycles. The van der Waals surface area contributed by atoms with Gasteiger partial charge in [0.2, 0.25) is 11.9 Å². The number of benzene rings is 1. The Hall–Kier alpha value is -2.74. The second-order valence-electron chi connectivity index (χ2n) is 4.86. The van der Waals surface area contributed by atoms with Gasteiger partial charge >= 0.3 is 0 Å². The third kappa shape index (κ3) is 3.12. The Morgan fingerprint density at radius 2 is 2.23 bits per heavy atom. The Kier molecular flexibility index (Phi) is 4.10. The summed E-state index contributed by atoms with van der Waals surface area (Å²) in [5.74, 6) is -0.337. The van der Waals surface area contributed by atoms with Gasteiger partial charge in [0, 0.05) is 6.54 Å². The van der Waals surface area contributed by atoms with Crippen molar-refractivity contribution < 1.29 is 14.3 Å². The molecule has 22 heavy (non-hydrogen) atoms. The Bertz CT molecular complexity index is 644. The zero-order valence-corrected chi connectivity index (χ0v) is 11.7. The Balaban J connectivity index is 1.74. The largest absolute Gasteiger partial charge is 0.369 e. The minimum atomic E-state index is -0.702. The number of hydrogen-bond acceptors (Lipinski definition) is 5. The number of anilines is 1. The van der Waals surface area contributed by atoms with Crippen LogP contribution in [0.1, 0.15) is 5.56 Å². The van der Waals surface area contributed by atoms with Crippen molar-refractivity contribution in [2.24, 2.45) is 0 Å². The molecule has 2 N–H and O–H groups in total. The number of hydrogen-bond donors (Lipinski definition) is 2.